The molecule has 0 aromatic heterocycles. The van der Waals surface area contributed by atoms with Crippen molar-refractivity contribution < 1.29 is 19.4 Å². The van der Waals surface area contributed by atoms with E-state index in [4.69, 9.17) is 4.74 Å². The van der Waals surface area contributed by atoms with E-state index in [0.29, 0.717) is 0 Å². The van der Waals surface area contributed by atoms with Crippen LogP contribution in [-0.2, 0) is 19.7 Å². The molecule has 1 atom stereocenters. The van der Waals surface area contributed by atoms with E-state index >= 15 is 0 Å². The molecule has 2 N–H and O–H groups in total. The molecule has 0 heterocycles. The Bertz CT molecular complexity index is 620. The molecule has 0 saturated heterocycles. The molecule has 1 aromatic rings. The number of aryl methyl sites for hydroxylation is 1. The van der Waals surface area contributed by atoms with Gasteiger partial charge in [-0.3, -0.25) is 4.79 Å². The largest absolute Gasteiger partial charge is 0.480 e. The maximum Gasteiger partial charge on any atom is 0.328 e. The second-order valence-electron chi connectivity index (χ2n) is 6.65. The second kappa shape index (κ2) is 8.81. The Morgan fingerprint density at radius 1 is 1.32 bits per heavy atom. The Morgan fingerprint density at radius 3 is 2.60 bits per heavy atom. The van der Waals surface area contributed by atoms with Crippen molar-refractivity contribution in [2.45, 2.75) is 50.5 Å². The number of hydrogen-bond donors (Lipinski definition) is 2. The van der Waals surface area contributed by atoms with Crippen molar-refractivity contribution >= 4 is 11.9 Å². The van der Waals surface area contributed by atoms with Crippen molar-refractivity contribution in [2.75, 3.05) is 13.2 Å². The highest BCUT2D eigenvalue weighted by Crippen LogP contribution is 2.41. The minimum atomic E-state index is -1.09. The van der Waals surface area contributed by atoms with Gasteiger partial charge in [0.1, 0.15) is 0 Å². The van der Waals surface area contributed by atoms with E-state index in [1.165, 1.54) is 0 Å². The third-order valence-electron chi connectivity index (χ3n) is 4.93. The van der Waals surface area contributed by atoms with Crippen LogP contribution in [0.3, 0.4) is 0 Å². The number of carbonyl (C=O) groups is 2. The minimum absolute atomic E-state index is 0.0725. The van der Waals surface area contributed by atoms with Gasteiger partial charge in [-0.2, -0.15) is 0 Å². The summed E-state index contributed by atoms with van der Waals surface area (Å²) in [6, 6.07) is 6.82. The molecule has 136 valence electrons. The van der Waals surface area contributed by atoms with Crippen molar-refractivity contribution in [1.82, 2.24) is 5.32 Å². The zero-order chi connectivity index (χ0) is 18.3. The SMILES string of the molecule is C=CCOCC(NC(=O)C1(c2ccccc2C)CCCCC1)C(=O)O. The summed E-state index contributed by atoms with van der Waals surface area (Å²) in [5, 5.41) is 12.1. The summed E-state index contributed by atoms with van der Waals surface area (Å²) in [6.45, 7) is 5.72. The lowest BCUT2D eigenvalue weighted by atomic mass is 9.67. The van der Waals surface area contributed by atoms with Gasteiger partial charge in [0, 0.05) is 0 Å². The van der Waals surface area contributed by atoms with Gasteiger partial charge < -0.3 is 15.2 Å². The second-order valence-corrected chi connectivity index (χ2v) is 6.65. The molecular formula is C20H27NO4. The molecule has 1 saturated carbocycles. The van der Waals surface area contributed by atoms with Crippen LogP contribution in [0.15, 0.2) is 36.9 Å². The molecule has 1 aromatic carbocycles. The highest BCUT2D eigenvalue weighted by molar-refractivity contribution is 5.92. The summed E-state index contributed by atoms with van der Waals surface area (Å²) in [6.07, 6.45) is 6.06. The number of carboxylic acids is 1. The molecule has 0 radical (unpaired) electrons. The molecule has 5 heteroatoms. The molecule has 0 aliphatic heterocycles. The smallest absolute Gasteiger partial charge is 0.328 e. The molecule has 1 fully saturated rings. The Hall–Kier alpha value is -2.14. The van der Waals surface area contributed by atoms with Gasteiger partial charge in [-0.25, -0.2) is 4.79 Å². The van der Waals surface area contributed by atoms with Crippen molar-refractivity contribution in [3.63, 3.8) is 0 Å². The standard InChI is InChI=1S/C20H27NO4/c1-3-13-25-14-17(18(22)23)21-19(24)20(11-7-4-8-12-20)16-10-6-5-9-15(16)2/h3,5-6,9-10,17H,1,4,7-8,11-14H2,2H3,(H,21,24)(H,22,23). The minimum Gasteiger partial charge on any atom is -0.480 e. The predicted molar refractivity (Wildman–Crippen MR) is 96.5 cm³/mol. The van der Waals surface area contributed by atoms with E-state index in [1.807, 2.05) is 31.2 Å². The normalized spacial score (nSPS) is 17.5. The molecule has 0 bridgehead atoms. The van der Waals surface area contributed by atoms with Crippen LogP contribution < -0.4 is 5.32 Å². The fraction of sp³-hybridized carbons (Fsp3) is 0.500. The van der Waals surface area contributed by atoms with Crippen LogP contribution in [0.1, 0.15) is 43.2 Å². The third-order valence-corrected chi connectivity index (χ3v) is 4.93. The zero-order valence-electron chi connectivity index (χ0n) is 14.8. The number of ether oxygens (including phenoxy) is 1. The Labute approximate surface area is 149 Å². The van der Waals surface area contributed by atoms with Gasteiger partial charge in [-0.15, -0.1) is 6.58 Å². The highest BCUT2D eigenvalue weighted by Gasteiger charge is 2.43. The number of carbonyl (C=O) groups excluding carboxylic acids is 1. The first-order valence-electron chi connectivity index (χ1n) is 8.80. The van der Waals surface area contributed by atoms with Crippen molar-refractivity contribution in [2.24, 2.45) is 0 Å². The van der Waals surface area contributed by atoms with Gasteiger partial charge in [-0.1, -0.05) is 49.6 Å². The maximum absolute atomic E-state index is 13.2. The molecule has 0 spiro atoms. The van der Waals surface area contributed by atoms with Crippen LogP contribution in [-0.4, -0.2) is 36.2 Å². The average Bonchev–Trinajstić information content (AvgIpc) is 2.61. The molecule has 25 heavy (non-hydrogen) atoms. The van der Waals surface area contributed by atoms with Crippen LogP contribution in [0.4, 0.5) is 0 Å². The summed E-state index contributed by atoms with van der Waals surface area (Å²) in [5.41, 5.74) is 1.41. The van der Waals surface area contributed by atoms with Crippen molar-refractivity contribution in [1.29, 1.82) is 0 Å². The first-order chi connectivity index (χ1) is 12.0. The van der Waals surface area contributed by atoms with E-state index in [9.17, 15) is 14.7 Å². The number of aliphatic carboxylic acids is 1. The number of hydrogen-bond acceptors (Lipinski definition) is 3. The fourth-order valence-corrected chi connectivity index (χ4v) is 3.62. The van der Waals surface area contributed by atoms with E-state index in [1.54, 1.807) is 6.08 Å². The van der Waals surface area contributed by atoms with E-state index in [-0.39, 0.29) is 19.1 Å². The number of amides is 1. The number of rotatable bonds is 8. The molecule has 2 rings (SSSR count). The predicted octanol–water partition coefficient (Wildman–Crippen LogP) is 2.97. The van der Waals surface area contributed by atoms with Gasteiger partial charge in [0.05, 0.1) is 18.6 Å². The van der Waals surface area contributed by atoms with Gasteiger partial charge in [0.2, 0.25) is 5.91 Å². The lowest BCUT2D eigenvalue weighted by Gasteiger charge is -2.38. The monoisotopic (exact) mass is 345 g/mol. The van der Waals surface area contributed by atoms with Crippen LogP contribution in [0.2, 0.25) is 0 Å². The van der Waals surface area contributed by atoms with Crippen molar-refractivity contribution in [3.8, 4) is 0 Å². The molecule has 1 unspecified atom stereocenters. The van der Waals surface area contributed by atoms with Crippen LogP contribution in [0.5, 0.6) is 0 Å². The number of benzene rings is 1. The quantitative estimate of drug-likeness (QED) is 0.561. The Balaban J connectivity index is 2.25. The van der Waals surface area contributed by atoms with E-state index < -0.39 is 17.4 Å². The first-order valence-corrected chi connectivity index (χ1v) is 8.80. The molecule has 1 aliphatic carbocycles. The fourth-order valence-electron chi connectivity index (χ4n) is 3.62. The lowest BCUT2D eigenvalue weighted by Crippen LogP contribution is -2.53. The molecule has 5 nitrogen and oxygen atoms in total. The summed E-state index contributed by atoms with van der Waals surface area (Å²) in [7, 11) is 0. The summed E-state index contributed by atoms with van der Waals surface area (Å²) in [4.78, 5) is 24.7. The topological polar surface area (TPSA) is 75.6 Å². The van der Waals surface area contributed by atoms with Crippen LogP contribution in [0.25, 0.3) is 0 Å². The van der Waals surface area contributed by atoms with E-state index in [2.05, 4.69) is 11.9 Å². The third kappa shape index (κ3) is 4.48. The van der Waals surface area contributed by atoms with E-state index in [0.717, 1.165) is 43.2 Å². The van der Waals surface area contributed by atoms with Crippen molar-refractivity contribution in [3.05, 3.63) is 48.0 Å². The maximum atomic E-state index is 13.2. The van der Waals surface area contributed by atoms with Crippen LogP contribution >= 0.6 is 0 Å². The Morgan fingerprint density at radius 2 is 2.00 bits per heavy atom. The zero-order valence-corrected chi connectivity index (χ0v) is 14.8. The summed E-state index contributed by atoms with van der Waals surface area (Å²) in [5.74, 6) is -1.30. The van der Waals surface area contributed by atoms with Gasteiger partial charge in [-0.05, 0) is 30.9 Å². The van der Waals surface area contributed by atoms with Crippen LogP contribution in [0, 0.1) is 6.92 Å². The average molecular weight is 345 g/mol. The van der Waals surface area contributed by atoms with Gasteiger partial charge in [0.15, 0.2) is 6.04 Å². The summed E-state index contributed by atoms with van der Waals surface area (Å²) < 4.78 is 5.24. The molecule has 1 aliphatic rings. The number of carboxylic acid groups (broad SMARTS) is 1. The molecular weight excluding hydrogens is 318 g/mol. The van der Waals surface area contributed by atoms with Gasteiger partial charge >= 0.3 is 5.97 Å². The molecule has 1 amide bonds. The van der Waals surface area contributed by atoms with Gasteiger partial charge in [0.25, 0.3) is 0 Å². The number of nitrogens with one attached hydrogen (secondary N) is 1. The lowest BCUT2D eigenvalue weighted by molar-refractivity contribution is -0.144. The first kappa shape index (κ1) is 19.2. The summed E-state index contributed by atoms with van der Waals surface area (Å²) >= 11 is 0. The Kier molecular flexibility index (Phi) is 6.76. The highest BCUT2D eigenvalue weighted by atomic mass is 16.5.